The second-order valence-electron chi connectivity index (χ2n) is 3.87. The van der Waals surface area contributed by atoms with Gasteiger partial charge in [0.05, 0.1) is 16.8 Å². The number of halogens is 3. The Bertz CT molecular complexity index is 654. The summed E-state index contributed by atoms with van der Waals surface area (Å²) in [6.07, 6.45) is 1.51. The number of carbonyl (C=O) groups is 1. The van der Waals surface area contributed by atoms with Crippen LogP contribution >= 0.6 is 34.8 Å². The number of carbonyl (C=O) groups excluding carboxylic acids is 1. The maximum atomic E-state index is 11.9. The predicted molar refractivity (Wildman–Crippen MR) is 83.0 cm³/mol. The van der Waals surface area contributed by atoms with Crippen LogP contribution in [0.25, 0.3) is 0 Å². The van der Waals surface area contributed by atoms with Crippen LogP contribution in [0.4, 0.5) is 0 Å². The number of nitrogens with zero attached hydrogens (tertiary/aromatic N) is 1. The third-order valence-corrected chi connectivity index (χ3v) is 3.24. The van der Waals surface area contributed by atoms with Crippen molar-refractivity contribution < 1.29 is 4.79 Å². The summed E-state index contributed by atoms with van der Waals surface area (Å²) in [6.45, 7) is 0. The zero-order valence-corrected chi connectivity index (χ0v) is 12.4. The Morgan fingerprint density at radius 3 is 2.35 bits per heavy atom. The molecule has 2 rings (SSSR count). The molecule has 20 heavy (non-hydrogen) atoms. The minimum absolute atomic E-state index is 0.271. The molecule has 0 unspecified atom stereocenters. The highest BCUT2D eigenvalue weighted by Crippen LogP contribution is 2.20. The van der Waals surface area contributed by atoms with Gasteiger partial charge in [0.15, 0.2) is 0 Å². The molecular weight excluding hydrogens is 319 g/mol. The Balaban J connectivity index is 2.05. The number of hydrogen-bond acceptors (Lipinski definition) is 2. The van der Waals surface area contributed by atoms with E-state index in [0.717, 1.165) is 5.56 Å². The van der Waals surface area contributed by atoms with E-state index < -0.39 is 5.91 Å². The minimum Gasteiger partial charge on any atom is -0.267 e. The van der Waals surface area contributed by atoms with Crippen LogP contribution in [0.3, 0.4) is 0 Å². The molecule has 2 aromatic rings. The molecule has 0 aliphatic heterocycles. The zero-order chi connectivity index (χ0) is 14.5. The summed E-state index contributed by atoms with van der Waals surface area (Å²) < 4.78 is 0. The molecule has 0 saturated carbocycles. The summed E-state index contributed by atoms with van der Waals surface area (Å²) in [7, 11) is 0. The topological polar surface area (TPSA) is 41.5 Å². The van der Waals surface area contributed by atoms with Crippen molar-refractivity contribution in [2.24, 2.45) is 5.10 Å². The van der Waals surface area contributed by atoms with E-state index in [9.17, 15) is 4.79 Å². The van der Waals surface area contributed by atoms with E-state index in [0.29, 0.717) is 15.1 Å². The number of hydrazone groups is 1. The van der Waals surface area contributed by atoms with Crippen LogP contribution < -0.4 is 5.43 Å². The second kappa shape index (κ2) is 6.75. The zero-order valence-electron chi connectivity index (χ0n) is 10.1. The SMILES string of the molecule is O=C(N/N=C\c1ccc(Cl)cc1)c1cc(Cl)ccc1Cl. The van der Waals surface area contributed by atoms with Crippen LogP contribution in [0.2, 0.25) is 15.1 Å². The van der Waals surface area contributed by atoms with Crippen molar-refractivity contribution in [3.63, 3.8) is 0 Å². The van der Waals surface area contributed by atoms with E-state index in [-0.39, 0.29) is 5.56 Å². The molecule has 0 bridgehead atoms. The summed E-state index contributed by atoms with van der Waals surface area (Å²) in [5.41, 5.74) is 3.47. The quantitative estimate of drug-likeness (QED) is 0.658. The summed E-state index contributed by atoms with van der Waals surface area (Å²) in [6, 6.07) is 11.7. The number of hydrogen-bond donors (Lipinski definition) is 1. The van der Waals surface area contributed by atoms with Crippen molar-refractivity contribution in [2.75, 3.05) is 0 Å². The van der Waals surface area contributed by atoms with Crippen LogP contribution in [0.15, 0.2) is 47.6 Å². The number of amides is 1. The Morgan fingerprint density at radius 2 is 1.65 bits per heavy atom. The van der Waals surface area contributed by atoms with E-state index in [1.54, 1.807) is 36.4 Å². The molecule has 0 radical (unpaired) electrons. The first-order valence-electron chi connectivity index (χ1n) is 5.60. The van der Waals surface area contributed by atoms with Crippen LogP contribution in [0, 0.1) is 0 Å². The number of nitrogens with one attached hydrogen (secondary N) is 1. The summed E-state index contributed by atoms with van der Waals surface area (Å²) in [5, 5.41) is 5.23. The predicted octanol–water partition coefficient (Wildman–Crippen LogP) is 4.41. The lowest BCUT2D eigenvalue weighted by molar-refractivity contribution is 0.0955. The number of rotatable bonds is 3. The highest BCUT2D eigenvalue weighted by atomic mass is 35.5. The molecule has 0 fully saturated rings. The Labute approximate surface area is 131 Å². The molecule has 0 spiro atoms. The normalized spacial score (nSPS) is 10.8. The third-order valence-electron chi connectivity index (χ3n) is 2.42. The van der Waals surface area contributed by atoms with Gasteiger partial charge in [0, 0.05) is 10.0 Å². The van der Waals surface area contributed by atoms with Gasteiger partial charge in [0.2, 0.25) is 0 Å². The lowest BCUT2D eigenvalue weighted by Crippen LogP contribution is -2.18. The maximum Gasteiger partial charge on any atom is 0.272 e. The fourth-order valence-corrected chi connectivity index (χ4v) is 1.95. The monoisotopic (exact) mass is 326 g/mol. The molecule has 6 heteroatoms. The van der Waals surface area contributed by atoms with Crippen LogP contribution in [0.5, 0.6) is 0 Å². The fraction of sp³-hybridized carbons (Fsp3) is 0. The lowest BCUT2D eigenvalue weighted by Gasteiger charge is -2.03. The summed E-state index contributed by atoms with van der Waals surface area (Å²) in [5.74, 6) is -0.428. The van der Waals surface area contributed by atoms with Gasteiger partial charge in [0.1, 0.15) is 0 Å². The molecule has 0 aromatic heterocycles. The van der Waals surface area contributed by atoms with Gasteiger partial charge in [-0.15, -0.1) is 0 Å². The molecule has 3 nitrogen and oxygen atoms in total. The van der Waals surface area contributed by atoms with Gasteiger partial charge in [-0.3, -0.25) is 4.79 Å². The molecule has 1 amide bonds. The van der Waals surface area contributed by atoms with Gasteiger partial charge >= 0.3 is 0 Å². The minimum atomic E-state index is -0.428. The van der Waals surface area contributed by atoms with Gasteiger partial charge in [-0.05, 0) is 35.9 Å². The molecule has 0 aliphatic rings. The second-order valence-corrected chi connectivity index (χ2v) is 5.15. The van der Waals surface area contributed by atoms with Gasteiger partial charge in [-0.1, -0.05) is 46.9 Å². The van der Waals surface area contributed by atoms with Gasteiger partial charge in [-0.25, -0.2) is 5.43 Å². The first kappa shape index (κ1) is 14.9. The average molecular weight is 328 g/mol. The van der Waals surface area contributed by atoms with Crippen LogP contribution in [-0.2, 0) is 0 Å². The van der Waals surface area contributed by atoms with Crippen LogP contribution in [0.1, 0.15) is 15.9 Å². The Hall–Kier alpha value is -1.55. The molecule has 1 N–H and O–H groups in total. The molecule has 0 saturated heterocycles. The molecule has 0 atom stereocenters. The molecule has 0 heterocycles. The van der Waals surface area contributed by atoms with Crippen molar-refractivity contribution in [1.29, 1.82) is 0 Å². The van der Waals surface area contributed by atoms with Crippen molar-refractivity contribution in [1.82, 2.24) is 5.43 Å². The average Bonchev–Trinajstić information content (AvgIpc) is 2.43. The van der Waals surface area contributed by atoms with E-state index in [1.165, 1.54) is 12.3 Å². The van der Waals surface area contributed by atoms with E-state index in [2.05, 4.69) is 10.5 Å². The van der Waals surface area contributed by atoms with Gasteiger partial charge in [0.25, 0.3) is 5.91 Å². The van der Waals surface area contributed by atoms with Crippen molar-refractivity contribution in [3.05, 3.63) is 68.7 Å². The smallest absolute Gasteiger partial charge is 0.267 e. The largest absolute Gasteiger partial charge is 0.272 e. The third kappa shape index (κ3) is 3.97. The maximum absolute atomic E-state index is 11.9. The molecule has 0 aliphatic carbocycles. The van der Waals surface area contributed by atoms with Gasteiger partial charge < -0.3 is 0 Å². The van der Waals surface area contributed by atoms with E-state index in [1.807, 2.05) is 0 Å². The highest BCUT2D eigenvalue weighted by Gasteiger charge is 2.09. The fourth-order valence-electron chi connectivity index (χ4n) is 1.45. The lowest BCUT2D eigenvalue weighted by atomic mass is 10.2. The first-order valence-corrected chi connectivity index (χ1v) is 6.73. The Kier molecular flexibility index (Phi) is 5.01. The summed E-state index contributed by atoms with van der Waals surface area (Å²) in [4.78, 5) is 11.9. The van der Waals surface area contributed by atoms with Crippen molar-refractivity contribution >= 4 is 46.9 Å². The molecular formula is C14H9Cl3N2O. The van der Waals surface area contributed by atoms with Gasteiger partial charge in [-0.2, -0.15) is 5.10 Å². The van der Waals surface area contributed by atoms with Crippen LogP contribution in [-0.4, -0.2) is 12.1 Å². The molecule has 102 valence electrons. The first-order chi connectivity index (χ1) is 9.56. The standard InChI is InChI=1S/C14H9Cl3N2O/c15-10-3-1-9(2-4-10)8-18-19-14(20)12-7-11(16)5-6-13(12)17/h1-8H,(H,19,20)/b18-8-. The molecule has 2 aromatic carbocycles. The number of benzene rings is 2. The van der Waals surface area contributed by atoms with E-state index >= 15 is 0 Å². The highest BCUT2D eigenvalue weighted by molar-refractivity contribution is 6.35. The van der Waals surface area contributed by atoms with Crippen molar-refractivity contribution in [2.45, 2.75) is 0 Å². The van der Waals surface area contributed by atoms with Crippen molar-refractivity contribution in [3.8, 4) is 0 Å². The van der Waals surface area contributed by atoms with E-state index in [4.69, 9.17) is 34.8 Å². The Morgan fingerprint density at radius 1 is 1.00 bits per heavy atom. The summed E-state index contributed by atoms with van der Waals surface area (Å²) >= 11 is 17.5.